The lowest BCUT2D eigenvalue weighted by molar-refractivity contribution is 0.344. The summed E-state index contributed by atoms with van der Waals surface area (Å²) in [4.78, 5) is 4.23. The van der Waals surface area contributed by atoms with E-state index in [0.717, 1.165) is 31.1 Å². The Morgan fingerprint density at radius 1 is 1.50 bits per heavy atom. The molecular formula is C9H11ClN2. The fraction of sp³-hybridized carbons (Fsp3) is 0.444. The molecule has 2 heterocycles. The number of halogens is 1. The van der Waals surface area contributed by atoms with Gasteiger partial charge in [-0.25, -0.2) is 4.98 Å². The maximum atomic E-state index is 5.76. The van der Waals surface area contributed by atoms with Crippen LogP contribution in [0.15, 0.2) is 18.2 Å². The van der Waals surface area contributed by atoms with Crippen LogP contribution >= 0.6 is 11.6 Å². The summed E-state index contributed by atoms with van der Waals surface area (Å²) in [5, 5.41) is 3.83. The molecule has 1 fully saturated rings. The summed E-state index contributed by atoms with van der Waals surface area (Å²) in [6, 6.07) is 5.80. The van der Waals surface area contributed by atoms with E-state index < -0.39 is 0 Å². The number of rotatable bonds is 2. The first-order valence-electron chi connectivity index (χ1n) is 4.17. The van der Waals surface area contributed by atoms with Gasteiger partial charge in [0.05, 0.1) is 0 Å². The second kappa shape index (κ2) is 3.42. The van der Waals surface area contributed by atoms with Crippen molar-refractivity contribution in [1.82, 2.24) is 10.3 Å². The predicted octanol–water partition coefficient (Wildman–Crippen LogP) is 1.50. The molecular weight excluding hydrogens is 172 g/mol. The minimum Gasteiger partial charge on any atom is -0.316 e. The molecule has 0 spiro atoms. The lowest BCUT2D eigenvalue weighted by Gasteiger charge is -2.26. The monoisotopic (exact) mass is 182 g/mol. The molecule has 0 amide bonds. The molecule has 0 bridgehead atoms. The standard InChI is InChI=1S/C9H11ClN2/c10-9-3-1-2-8(12-9)4-7-5-11-6-7/h1-3,7,11H,4-6H2. The average molecular weight is 183 g/mol. The zero-order valence-electron chi connectivity index (χ0n) is 6.76. The molecule has 3 heteroatoms. The Kier molecular flexibility index (Phi) is 2.28. The summed E-state index contributed by atoms with van der Waals surface area (Å²) in [5.74, 6) is 0.760. The maximum Gasteiger partial charge on any atom is 0.129 e. The van der Waals surface area contributed by atoms with Crippen molar-refractivity contribution in [2.24, 2.45) is 5.92 Å². The largest absolute Gasteiger partial charge is 0.316 e. The van der Waals surface area contributed by atoms with Gasteiger partial charge in [0.25, 0.3) is 0 Å². The first-order valence-corrected chi connectivity index (χ1v) is 4.54. The molecule has 1 aromatic heterocycles. The van der Waals surface area contributed by atoms with Crippen molar-refractivity contribution in [3.05, 3.63) is 29.0 Å². The second-order valence-corrected chi connectivity index (χ2v) is 3.57. The predicted molar refractivity (Wildman–Crippen MR) is 49.3 cm³/mol. The van der Waals surface area contributed by atoms with Gasteiger partial charge < -0.3 is 5.32 Å². The van der Waals surface area contributed by atoms with E-state index in [1.807, 2.05) is 18.2 Å². The summed E-state index contributed by atoms with van der Waals surface area (Å²) in [7, 11) is 0. The van der Waals surface area contributed by atoms with E-state index in [0.29, 0.717) is 5.15 Å². The van der Waals surface area contributed by atoms with E-state index in [1.54, 1.807) is 0 Å². The molecule has 1 saturated heterocycles. The summed E-state index contributed by atoms with van der Waals surface area (Å²) in [6.45, 7) is 2.24. The van der Waals surface area contributed by atoms with Gasteiger partial charge in [-0.15, -0.1) is 0 Å². The van der Waals surface area contributed by atoms with Crippen LogP contribution in [0.4, 0.5) is 0 Å². The molecule has 2 nitrogen and oxygen atoms in total. The van der Waals surface area contributed by atoms with Gasteiger partial charge in [-0.3, -0.25) is 0 Å². The topological polar surface area (TPSA) is 24.9 Å². The Morgan fingerprint density at radius 3 is 2.92 bits per heavy atom. The molecule has 0 aliphatic carbocycles. The highest BCUT2D eigenvalue weighted by molar-refractivity contribution is 6.29. The van der Waals surface area contributed by atoms with Crippen molar-refractivity contribution in [2.75, 3.05) is 13.1 Å². The third-order valence-electron chi connectivity index (χ3n) is 2.14. The maximum absolute atomic E-state index is 5.76. The number of hydrogen-bond acceptors (Lipinski definition) is 2. The van der Waals surface area contributed by atoms with Crippen LogP contribution < -0.4 is 5.32 Å². The molecule has 0 unspecified atom stereocenters. The number of aromatic nitrogens is 1. The van der Waals surface area contributed by atoms with Crippen LogP contribution in [0.25, 0.3) is 0 Å². The smallest absolute Gasteiger partial charge is 0.129 e. The van der Waals surface area contributed by atoms with E-state index in [4.69, 9.17) is 11.6 Å². The van der Waals surface area contributed by atoms with Crippen molar-refractivity contribution in [3.63, 3.8) is 0 Å². The van der Waals surface area contributed by atoms with Crippen molar-refractivity contribution < 1.29 is 0 Å². The lowest BCUT2D eigenvalue weighted by Crippen LogP contribution is -2.43. The van der Waals surface area contributed by atoms with E-state index in [1.165, 1.54) is 0 Å². The van der Waals surface area contributed by atoms with Crippen LogP contribution in [0, 0.1) is 5.92 Å². The molecule has 1 N–H and O–H groups in total. The van der Waals surface area contributed by atoms with Crippen LogP contribution in [-0.2, 0) is 6.42 Å². The Balaban J connectivity index is 2.02. The minimum atomic E-state index is 0.597. The quantitative estimate of drug-likeness (QED) is 0.702. The van der Waals surface area contributed by atoms with Crippen LogP contribution in [0.2, 0.25) is 5.15 Å². The highest BCUT2D eigenvalue weighted by Gasteiger charge is 2.17. The van der Waals surface area contributed by atoms with Gasteiger partial charge in [-0.1, -0.05) is 17.7 Å². The fourth-order valence-corrected chi connectivity index (χ4v) is 1.53. The van der Waals surface area contributed by atoms with Gasteiger partial charge in [-0.2, -0.15) is 0 Å². The normalized spacial score (nSPS) is 17.4. The van der Waals surface area contributed by atoms with Crippen molar-refractivity contribution in [2.45, 2.75) is 6.42 Å². The summed E-state index contributed by atoms with van der Waals surface area (Å²) < 4.78 is 0. The Labute approximate surface area is 77.0 Å². The zero-order valence-corrected chi connectivity index (χ0v) is 7.51. The van der Waals surface area contributed by atoms with E-state index in [-0.39, 0.29) is 0 Å². The number of nitrogens with zero attached hydrogens (tertiary/aromatic N) is 1. The molecule has 0 aromatic carbocycles. The molecule has 1 aliphatic heterocycles. The van der Waals surface area contributed by atoms with E-state index in [2.05, 4.69) is 10.3 Å². The van der Waals surface area contributed by atoms with Crippen molar-refractivity contribution >= 4 is 11.6 Å². The molecule has 0 saturated carbocycles. The van der Waals surface area contributed by atoms with Gasteiger partial charge in [0.2, 0.25) is 0 Å². The SMILES string of the molecule is Clc1cccc(CC2CNC2)n1. The molecule has 64 valence electrons. The number of hydrogen-bond donors (Lipinski definition) is 1. The Bertz CT molecular complexity index is 271. The van der Waals surface area contributed by atoms with Crippen LogP contribution in [0.1, 0.15) is 5.69 Å². The molecule has 1 aliphatic rings. The fourth-order valence-electron chi connectivity index (χ4n) is 1.35. The highest BCUT2D eigenvalue weighted by Crippen LogP contribution is 2.12. The third kappa shape index (κ3) is 1.76. The van der Waals surface area contributed by atoms with Gasteiger partial charge in [0.15, 0.2) is 0 Å². The molecule has 0 radical (unpaired) electrons. The van der Waals surface area contributed by atoms with Crippen LogP contribution in [-0.4, -0.2) is 18.1 Å². The second-order valence-electron chi connectivity index (χ2n) is 3.18. The van der Waals surface area contributed by atoms with Crippen LogP contribution in [0.5, 0.6) is 0 Å². The van der Waals surface area contributed by atoms with Gasteiger partial charge in [-0.05, 0) is 37.6 Å². The van der Waals surface area contributed by atoms with Crippen molar-refractivity contribution in [3.8, 4) is 0 Å². The Hall–Kier alpha value is -0.600. The van der Waals surface area contributed by atoms with Gasteiger partial charge in [0, 0.05) is 5.69 Å². The number of nitrogens with one attached hydrogen (secondary N) is 1. The van der Waals surface area contributed by atoms with E-state index in [9.17, 15) is 0 Å². The summed E-state index contributed by atoms with van der Waals surface area (Å²) >= 11 is 5.76. The summed E-state index contributed by atoms with van der Waals surface area (Å²) in [5.41, 5.74) is 1.11. The highest BCUT2D eigenvalue weighted by atomic mass is 35.5. The van der Waals surface area contributed by atoms with Crippen LogP contribution in [0.3, 0.4) is 0 Å². The minimum absolute atomic E-state index is 0.597. The van der Waals surface area contributed by atoms with Gasteiger partial charge in [0.1, 0.15) is 5.15 Å². The van der Waals surface area contributed by atoms with Gasteiger partial charge >= 0.3 is 0 Å². The molecule has 1 aromatic rings. The average Bonchev–Trinajstić information content (AvgIpc) is 1.97. The van der Waals surface area contributed by atoms with E-state index >= 15 is 0 Å². The van der Waals surface area contributed by atoms with Crippen molar-refractivity contribution in [1.29, 1.82) is 0 Å². The summed E-state index contributed by atoms with van der Waals surface area (Å²) in [6.07, 6.45) is 1.05. The molecule has 12 heavy (non-hydrogen) atoms. The Morgan fingerprint density at radius 2 is 2.33 bits per heavy atom. The number of pyridine rings is 1. The molecule has 0 atom stereocenters. The zero-order chi connectivity index (χ0) is 8.39. The first-order chi connectivity index (χ1) is 5.84. The molecule has 2 rings (SSSR count). The lowest BCUT2D eigenvalue weighted by atomic mass is 9.97. The third-order valence-corrected chi connectivity index (χ3v) is 2.35. The first kappa shape index (κ1) is 8.02.